The number of aliphatic hydroxyl groups is 1. The van der Waals surface area contributed by atoms with Crippen LogP contribution >= 0.6 is 22.6 Å². The second-order valence-corrected chi connectivity index (χ2v) is 10.6. The van der Waals surface area contributed by atoms with Gasteiger partial charge in [-0.3, -0.25) is 4.79 Å². The largest absolute Gasteiger partial charge is 0.459 e. The number of carbonyl (C=O) groups is 1. The maximum atomic E-state index is 13.4. The molecular weight excluding hydrogens is 531 g/mol. The normalized spacial score (nSPS) is 24.9. The summed E-state index contributed by atoms with van der Waals surface area (Å²) in [7, 11) is 0. The number of aliphatic hydroxyl groups excluding tert-OH is 1. The Morgan fingerprint density at radius 3 is 2.48 bits per heavy atom. The second-order valence-electron chi connectivity index (χ2n) is 9.39. The molecule has 0 saturated carbocycles. The van der Waals surface area contributed by atoms with Gasteiger partial charge in [0.25, 0.3) is 5.91 Å². The van der Waals surface area contributed by atoms with Crippen molar-refractivity contribution in [3.05, 3.63) is 45.2 Å². The summed E-state index contributed by atoms with van der Waals surface area (Å²) in [6, 6.07) is 9.07. The van der Waals surface area contributed by atoms with Crippen LogP contribution in [-0.2, 0) is 14.3 Å². The molecule has 0 unspecified atom stereocenters. The Balaban J connectivity index is 1.40. The van der Waals surface area contributed by atoms with E-state index in [9.17, 15) is 4.79 Å². The molecule has 1 amide bonds. The number of hydrogen-bond acceptors (Lipinski definition) is 5. The molecule has 33 heavy (non-hydrogen) atoms. The summed E-state index contributed by atoms with van der Waals surface area (Å²) in [5, 5.41) is 9.03. The number of rotatable bonds is 8. The molecule has 7 heteroatoms. The van der Waals surface area contributed by atoms with Crippen LogP contribution in [0.15, 0.2) is 36.1 Å². The summed E-state index contributed by atoms with van der Waals surface area (Å²) in [6.45, 7) is 4.68. The highest BCUT2D eigenvalue weighted by atomic mass is 127. The molecule has 1 N–H and O–H groups in total. The van der Waals surface area contributed by atoms with Crippen LogP contribution in [-0.4, -0.2) is 72.5 Å². The first-order chi connectivity index (χ1) is 16.1. The van der Waals surface area contributed by atoms with Gasteiger partial charge in [0.05, 0.1) is 6.61 Å². The summed E-state index contributed by atoms with van der Waals surface area (Å²) in [5.74, 6) is 0.503. The quantitative estimate of drug-likeness (QED) is 0.375. The fraction of sp³-hybridized carbons (Fsp3) is 0.654. The fourth-order valence-corrected chi connectivity index (χ4v) is 5.51. The van der Waals surface area contributed by atoms with Crippen LogP contribution in [0.5, 0.6) is 0 Å². The zero-order valence-corrected chi connectivity index (χ0v) is 21.6. The van der Waals surface area contributed by atoms with Crippen LogP contribution in [0.25, 0.3) is 0 Å². The third-order valence-corrected chi connectivity index (χ3v) is 7.80. The molecule has 0 radical (unpaired) electrons. The van der Waals surface area contributed by atoms with Gasteiger partial charge in [0.1, 0.15) is 0 Å². The van der Waals surface area contributed by atoms with Gasteiger partial charge in [0.15, 0.2) is 5.76 Å². The van der Waals surface area contributed by atoms with Crippen molar-refractivity contribution in [1.82, 2.24) is 9.80 Å². The molecule has 3 aliphatic heterocycles. The average molecular weight is 568 g/mol. The lowest BCUT2D eigenvalue weighted by molar-refractivity contribution is -0.153. The number of ether oxygens (including phenoxy) is 2. The molecule has 3 heterocycles. The van der Waals surface area contributed by atoms with Gasteiger partial charge in [-0.05, 0) is 98.0 Å². The van der Waals surface area contributed by atoms with Crippen molar-refractivity contribution >= 4 is 28.5 Å². The smallest absolute Gasteiger partial charge is 0.288 e. The lowest BCUT2D eigenvalue weighted by Crippen LogP contribution is -2.49. The first-order valence-corrected chi connectivity index (χ1v) is 13.6. The third-order valence-electron chi connectivity index (χ3n) is 7.08. The van der Waals surface area contributed by atoms with Crippen molar-refractivity contribution in [3.63, 3.8) is 0 Å². The van der Waals surface area contributed by atoms with E-state index < -0.39 is 6.29 Å². The maximum absolute atomic E-state index is 13.4. The van der Waals surface area contributed by atoms with Crippen LogP contribution in [0.1, 0.15) is 62.8 Å². The number of benzene rings is 1. The van der Waals surface area contributed by atoms with Gasteiger partial charge in [0, 0.05) is 41.6 Å². The first kappa shape index (κ1) is 24.9. The molecule has 0 spiro atoms. The minimum Gasteiger partial charge on any atom is -0.459 e. The zero-order valence-electron chi connectivity index (χ0n) is 19.5. The molecule has 182 valence electrons. The fourth-order valence-electron chi connectivity index (χ4n) is 5.16. The molecule has 0 aromatic heterocycles. The van der Waals surface area contributed by atoms with E-state index in [4.69, 9.17) is 14.6 Å². The molecular formula is C26H37IN2O4. The standard InChI is InChI=1S/C26H37IN2O4/c27-22-8-6-20(7-9-22)21-18-24(33-25(19-21)32-17-5-4-16-30)26(31)29-14-10-23(11-15-29)28-12-2-1-3-13-28/h6-9,18,21,23,25,30H,1-5,10-17,19H2/t21-,25+/m1/s1. The Morgan fingerprint density at radius 1 is 1.06 bits per heavy atom. The van der Waals surface area contributed by atoms with Gasteiger partial charge in [0.2, 0.25) is 6.29 Å². The Bertz CT molecular complexity index is 786. The van der Waals surface area contributed by atoms with Gasteiger partial charge in [-0.15, -0.1) is 0 Å². The minimum absolute atomic E-state index is 0.00809. The van der Waals surface area contributed by atoms with E-state index in [-0.39, 0.29) is 18.4 Å². The predicted molar refractivity (Wildman–Crippen MR) is 137 cm³/mol. The molecule has 3 aliphatic rings. The van der Waals surface area contributed by atoms with E-state index >= 15 is 0 Å². The first-order valence-electron chi connectivity index (χ1n) is 12.5. The molecule has 6 nitrogen and oxygen atoms in total. The number of nitrogens with zero attached hydrogens (tertiary/aromatic N) is 2. The highest BCUT2D eigenvalue weighted by Gasteiger charge is 2.33. The minimum atomic E-state index is -0.442. The van der Waals surface area contributed by atoms with Crippen molar-refractivity contribution in [3.8, 4) is 0 Å². The van der Waals surface area contributed by atoms with Gasteiger partial charge in [-0.1, -0.05) is 18.6 Å². The van der Waals surface area contributed by atoms with Crippen molar-refractivity contribution in [2.45, 2.75) is 69.6 Å². The average Bonchev–Trinajstić information content (AvgIpc) is 2.87. The zero-order chi connectivity index (χ0) is 23.0. The van der Waals surface area contributed by atoms with Gasteiger partial charge < -0.3 is 24.4 Å². The molecule has 2 fully saturated rings. The molecule has 2 atom stereocenters. The van der Waals surface area contributed by atoms with Crippen LogP contribution < -0.4 is 0 Å². The lowest BCUT2D eigenvalue weighted by Gasteiger charge is -2.40. The predicted octanol–water partition coefficient (Wildman–Crippen LogP) is 4.27. The second kappa shape index (κ2) is 12.5. The number of unbranched alkanes of at least 4 members (excludes halogenated alkanes) is 1. The van der Waals surface area contributed by atoms with Crippen LogP contribution in [0.2, 0.25) is 0 Å². The van der Waals surface area contributed by atoms with E-state index in [0.29, 0.717) is 31.2 Å². The van der Waals surface area contributed by atoms with E-state index in [1.165, 1.54) is 41.5 Å². The monoisotopic (exact) mass is 568 g/mol. The summed E-state index contributed by atoms with van der Waals surface area (Å²) in [5.41, 5.74) is 1.18. The Morgan fingerprint density at radius 2 is 1.79 bits per heavy atom. The topological polar surface area (TPSA) is 62.2 Å². The van der Waals surface area contributed by atoms with Crippen LogP contribution in [0.4, 0.5) is 0 Å². The number of carbonyl (C=O) groups excluding carboxylic acids is 1. The van der Waals surface area contributed by atoms with Gasteiger partial charge in [-0.2, -0.15) is 0 Å². The van der Waals surface area contributed by atoms with Crippen LogP contribution in [0.3, 0.4) is 0 Å². The molecule has 0 bridgehead atoms. The third kappa shape index (κ3) is 6.93. The lowest BCUT2D eigenvalue weighted by atomic mass is 9.92. The number of hydrogen-bond donors (Lipinski definition) is 1. The number of amides is 1. The SMILES string of the molecule is O=C(C1=C[C@@H](c2ccc(I)cc2)C[C@@H](OCCCCO)O1)N1CCC(N2CCCCC2)CC1. The molecule has 4 rings (SSSR count). The number of piperidine rings is 2. The Kier molecular flexibility index (Phi) is 9.46. The van der Waals surface area contributed by atoms with Crippen molar-refractivity contribution in [2.24, 2.45) is 0 Å². The van der Waals surface area contributed by atoms with Crippen molar-refractivity contribution in [1.29, 1.82) is 0 Å². The molecule has 0 aliphatic carbocycles. The van der Waals surface area contributed by atoms with Gasteiger partial charge in [-0.25, -0.2) is 0 Å². The highest BCUT2D eigenvalue weighted by Crippen LogP contribution is 2.33. The van der Waals surface area contributed by atoms with E-state index in [0.717, 1.165) is 32.4 Å². The Labute approximate surface area is 211 Å². The van der Waals surface area contributed by atoms with Crippen LogP contribution in [0, 0.1) is 3.57 Å². The molecule has 2 saturated heterocycles. The molecule has 1 aromatic rings. The number of halogens is 1. The van der Waals surface area contributed by atoms with Crippen molar-refractivity contribution < 1.29 is 19.4 Å². The summed E-state index contributed by atoms with van der Waals surface area (Å²) in [4.78, 5) is 18.0. The summed E-state index contributed by atoms with van der Waals surface area (Å²) in [6.07, 6.45) is 9.78. The highest BCUT2D eigenvalue weighted by molar-refractivity contribution is 14.1. The van der Waals surface area contributed by atoms with E-state index in [1.807, 2.05) is 11.0 Å². The van der Waals surface area contributed by atoms with Crippen molar-refractivity contribution in [2.75, 3.05) is 39.4 Å². The number of likely N-dealkylation sites (tertiary alicyclic amines) is 2. The van der Waals surface area contributed by atoms with E-state index in [2.05, 4.69) is 51.8 Å². The maximum Gasteiger partial charge on any atom is 0.288 e. The van der Waals surface area contributed by atoms with E-state index in [1.54, 1.807) is 0 Å². The number of allylic oxidation sites excluding steroid dienone is 1. The summed E-state index contributed by atoms with van der Waals surface area (Å²) >= 11 is 2.31. The molecule has 1 aromatic carbocycles. The van der Waals surface area contributed by atoms with Gasteiger partial charge >= 0.3 is 0 Å². The Hall–Kier alpha value is -1.16. The summed E-state index contributed by atoms with van der Waals surface area (Å²) < 4.78 is 13.2.